The van der Waals surface area contributed by atoms with Crippen LogP contribution in [0.4, 0.5) is 5.69 Å². The number of rotatable bonds is 5. The molecule has 32 heavy (non-hydrogen) atoms. The van der Waals surface area contributed by atoms with Crippen LogP contribution in [0.2, 0.25) is 0 Å². The molecule has 3 aliphatic heterocycles. The Morgan fingerprint density at radius 2 is 1.66 bits per heavy atom. The Balaban J connectivity index is 1.42. The molecule has 3 N–H and O–H groups in total. The highest BCUT2D eigenvalue weighted by Gasteiger charge is 2.41. The van der Waals surface area contributed by atoms with Gasteiger partial charge in [-0.15, -0.1) is 0 Å². The average Bonchev–Trinajstić information content (AvgIpc) is 3.21. The van der Waals surface area contributed by atoms with Crippen LogP contribution in [0.3, 0.4) is 0 Å². The van der Waals surface area contributed by atoms with E-state index in [4.69, 9.17) is 0 Å². The largest absolute Gasteiger partial charge is 0.358 e. The highest BCUT2D eigenvalue weighted by molar-refractivity contribution is 7.92. The highest BCUT2D eigenvalue weighted by Crippen LogP contribution is 2.31. The third kappa shape index (κ3) is 3.36. The van der Waals surface area contributed by atoms with Crippen molar-refractivity contribution in [1.29, 1.82) is 5.26 Å². The summed E-state index contributed by atoms with van der Waals surface area (Å²) in [5, 5.41) is 13.2. The molecule has 2 bridgehead atoms. The number of nitriles is 1. The van der Waals surface area contributed by atoms with Crippen molar-refractivity contribution in [1.82, 2.24) is 14.6 Å². The molecule has 0 saturated carbocycles. The van der Waals surface area contributed by atoms with Crippen LogP contribution in [0.25, 0.3) is 10.9 Å². The van der Waals surface area contributed by atoms with Gasteiger partial charge in [-0.2, -0.15) is 9.57 Å². The van der Waals surface area contributed by atoms with E-state index in [2.05, 4.69) is 21.1 Å². The Morgan fingerprint density at radius 1 is 1.03 bits per heavy atom. The van der Waals surface area contributed by atoms with E-state index >= 15 is 0 Å². The van der Waals surface area contributed by atoms with Crippen molar-refractivity contribution in [3.8, 4) is 6.07 Å². The van der Waals surface area contributed by atoms with Crippen LogP contribution in [0.15, 0.2) is 52.4 Å². The Labute approximate surface area is 186 Å². The number of anilines is 1. The van der Waals surface area contributed by atoms with Crippen molar-refractivity contribution in [2.45, 2.75) is 35.2 Å². The molecule has 1 aromatic heterocycles. The first kappa shape index (κ1) is 21.0. The van der Waals surface area contributed by atoms with Gasteiger partial charge in [-0.1, -0.05) is 6.07 Å². The Kier molecular flexibility index (Phi) is 4.79. The lowest BCUT2D eigenvalue weighted by Gasteiger charge is -2.47. The lowest BCUT2D eigenvalue weighted by atomic mass is 9.93. The molecule has 3 saturated heterocycles. The second-order valence-electron chi connectivity index (χ2n) is 8.19. The predicted octanol–water partition coefficient (Wildman–Crippen LogP) is 1.88. The summed E-state index contributed by atoms with van der Waals surface area (Å²) in [5.74, 6) is 0. The maximum absolute atomic E-state index is 13.0. The molecule has 4 heterocycles. The van der Waals surface area contributed by atoms with Crippen LogP contribution in [-0.4, -0.2) is 51.3 Å². The van der Waals surface area contributed by atoms with Gasteiger partial charge in [-0.25, -0.2) is 16.8 Å². The van der Waals surface area contributed by atoms with E-state index in [1.807, 2.05) is 6.92 Å². The minimum absolute atomic E-state index is 0.0552. The number of piperidine rings is 1. The zero-order valence-electron chi connectivity index (χ0n) is 17.2. The standard InChI is InChI=1S/C21H21N5O4S2/c1-13-2-7-19(21-20(13)14(9-22)10-23-21)25-31(27,28)17-3-5-18(6-4-17)32(29,30)26-11-15-8-16(12-26)24-15/h2-7,10,15-16,23-25H,8,11-12H2,1H3. The second-order valence-corrected chi connectivity index (χ2v) is 11.8. The quantitative estimate of drug-likeness (QED) is 0.520. The van der Waals surface area contributed by atoms with E-state index in [1.165, 1.54) is 34.8 Å². The van der Waals surface area contributed by atoms with Crippen molar-refractivity contribution >= 4 is 36.6 Å². The van der Waals surface area contributed by atoms with Crippen molar-refractivity contribution < 1.29 is 16.8 Å². The number of aromatic amines is 1. The zero-order valence-corrected chi connectivity index (χ0v) is 18.8. The smallest absolute Gasteiger partial charge is 0.261 e. The normalized spacial score (nSPS) is 21.1. The molecule has 0 amide bonds. The summed E-state index contributed by atoms with van der Waals surface area (Å²) in [7, 11) is -7.65. The van der Waals surface area contributed by atoms with E-state index in [-0.39, 0.29) is 21.9 Å². The number of aryl methyl sites for hydroxylation is 1. The van der Waals surface area contributed by atoms with E-state index < -0.39 is 20.0 Å². The van der Waals surface area contributed by atoms with Gasteiger partial charge in [-0.3, -0.25) is 4.72 Å². The summed E-state index contributed by atoms with van der Waals surface area (Å²) in [6, 6.07) is 11.1. The van der Waals surface area contributed by atoms with Crippen LogP contribution in [-0.2, 0) is 20.0 Å². The first-order valence-corrected chi connectivity index (χ1v) is 13.0. The molecular weight excluding hydrogens is 450 g/mol. The number of aromatic nitrogens is 1. The third-order valence-electron chi connectivity index (χ3n) is 6.07. The summed E-state index contributed by atoms with van der Waals surface area (Å²) >= 11 is 0. The van der Waals surface area contributed by atoms with Crippen LogP contribution < -0.4 is 10.0 Å². The fraction of sp³-hybridized carbons (Fsp3) is 0.286. The number of nitrogens with one attached hydrogen (secondary N) is 3. The molecule has 3 aliphatic rings. The molecule has 3 fully saturated rings. The topological polar surface area (TPSA) is 135 Å². The summed E-state index contributed by atoms with van der Waals surface area (Å²) < 4.78 is 55.7. The average molecular weight is 472 g/mol. The summed E-state index contributed by atoms with van der Waals surface area (Å²) in [5.41, 5.74) is 2.10. The summed E-state index contributed by atoms with van der Waals surface area (Å²) in [6.07, 6.45) is 2.52. The number of nitrogens with zero attached hydrogens (tertiary/aromatic N) is 2. The molecule has 166 valence electrons. The lowest BCUT2D eigenvalue weighted by Crippen LogP contribution is -2.67. The Hall–Kier alpha value is -2.91. The van der Waals surface area contributed by atoms with E-state index in [9.17, 15) is 22.1 Å². The predicted molar refractivity (Wildman–Crippen MR) is 119 cm³/mol. The number of benzene rings is 2. The molecule has 0 spiro atoms. The first-order valence-electron chi connectivity index (χ1n) is 10.1. The molecular formula is C21H21N5O4S2. The fourth-order valence-electron chi connectivity index (χ4n) is 4.41. The number of hydrogen-bond donors (Lipinski definition) is 3. The van der Waals surface area contributed by atoms with Crippen molar-refractivity contribution in [3.63, 3.8) is 0 Å². The lowest BCUT2D eigenvalue weighted by molar-refractivity contribution is 0.136. The first-order chi connectivity index (χ1) is 15.2. The summed E-state index contributed by atoms with van der Waals surface area (Å²) in [6.45, 7) is 2.69. The number of piperazine rings is 1. The van der Waals surface area contributed by atoms with Crippen molar-refractivity contribution in [2.75, 3.05) is 17.8 Å². The number of hydrogen-bond acceptors (Lipinski definition) is 6. The molecule has 2 unspecified atom stereocenters. The van der Waals surface area contributed by atoms with Gasteiger partial charge in [0.25, 0.3) is 10.0 Å². The van der Waals surface area contributed by atoms with Crippen molar-refractivity contribution in [2.24, 2.45) is 0 Å². The SMILES string of the molecule is Cc1ccc(NS(=O)(=O)c2ccc(S(=O)(=O)N3CC4CC(C3)N4)cc2)c2[nH]cc(C#N)c12. The van der Waals surface area contributed by atoms with E-state index in [0.29, 0.717) is 35.2 Å². The molecule has 2 atom stereocenters. The summed E-state index contributed by atoms with van der Waals surface area (Å²) in [4.78, 5) is 2.97. The van der Waals surface area contributed by atoms with Crippen LogP contribution in [0.1, 0.15) is 17.5 Å². The zero-order chi connectivity index (χ0) is 22.7. The van der Waals surface area contributed by atoms with Crippen LogP contribution in [0.5, 0.6) is 0 Å². The molecule has 2 aromatic carbocycles. The van der Waals surface area contributed by atoms with E-state index in [0.717, 1.165) is 12.0 Å². The maximum atomic E-state index is 13.0. The molecule has 6 rings (SSSR count). The minimum atomic E-state index is -3.98. The molecule has 11 heteroatoms. The minimum Gasteiger partial charge on any atom is -0.358 e. The van der Waals surface area contributed by atoms with Gasteiger partial charge in [0.05, 0.1) is 26.6 Å². The third-order valence-corrected chi connectivity index (χ3v) is 9.30. The number of H-pyrrole nitrogens is 1. The molecule has 9 nitrogen and oxygen atoms in total. The monoisotopic (exact) mass is 471 g/mol. The Morgan fingerprint density at radius 3 is 2.28 bits per heavy atom. The van der Waals surface area contributed by atoms with Gasteiger partial charge >= 0.3 is 0 Å². The molecule has 0 radical (unpaired) electrons. The number of sulfonamides is 2. The van der Waals surface area contributed by atoms with Gasteiger partial charge in [0.1, 0.15) is 6.07 Å². The van der Waals surface area contributed by atoms with Gasteiger partial charge < -0.3 is 10.3 Å². The maximum Gasteiger partial charge on any atom is 0.261 e. The van der Waals surface area contributed by atoms with Gasteiger partial charge in [0.15, 0.2) is 0 Å². The van der Waals surface area contributed by atoms with Gasteiger partial charge in [-0.05, 0) is 49.2 Å². The van der Waals surface area contributed by atoms with Crippen LogP contribution >= 0.6 is 0 Å². The van der Waals surface area contributed by atoms with Crippen LogP contribution in [0, 0.1) is 18.3 Å². The number of fused-ring (bicyclic) bond motifs is 3. The molecule has 3 aromatic rings. The fourth-order valence-corrected chi connectivity index (χ4v) is 7.01. The van der Waals surface area contributed by atoms with E-state index in [1.54, 1.807) is 12.1 Å². The van der Waals surface area contributed by atoms with Gasteiger partial charge in [0, 0.05) is 36.8 Å². The second kappa shape index (κ2) is 7.31. The molecule has 0 aliphatic carbocycles. The highest BCUT2D eigenvalue weighted by atomic mass is 32.2. The Bertz CT molecular complexity index is 1450. The van der Waals surface area contributed by atoms with Crippen molar-refractivity contribution in [3.05, 3.63) is 53.7 Å². The van der Waals surface area contributed by atoms with Gasteiger partial charge in [0.2, 0.25) is 10.0 Å².